The standard InChI is InChI=1S/C40H25N3O/c1-2-7-26(8-3-1)29-12-13-31-20-34(25-42-37(31)21-29)43(32-15-14-27-9-4-5-10-28(27)19-32)33-16-17-35-36-24-38-30(11-6-18-41-38)22-39(36)44-40(35)23-33/h1-25H. The van der Waals surface area contributed by atoms with Crippen molar-refractivity contribution in [2.24, 2.45) is 0 Å². The molecule has 0 N–H and O–H groups in total. The maximum Gasteiger partial charge on any atom is 0.137 e. The zero-order valence-electron chi connectivity index (χ0n) is 23.7. The third kappa shape index (κ3) is 4.08. The third-order valence-corrected chi connectivity index (χ3v) is 8.46. The van der Waals surface area contributed by atoms with Gasteiger partial charge < -0.3 is 9.32 Å². The van der Waals surface area contributed by atoms with Crippen molar-refractivity contribution in [2.45, 2.75) is 0 Å². The van der Waals surface area contributed by atoms with E-state index in [9.17, 15) is 0 Å². The highest BCUT2D eigenvalue weighted by Crippen LogP contribution is 2.40. The van der Waals surface area contributed by atoms with Gasteiger partial charge in [0, 0.05) is 45.2 Å². The van der Waals surface area contributed by atoms with Gasteiger partial charge in [-0.1, -0.05) is 78.9 Å². The number of benzene rings is 6. The number of anilines is 3. The van der Waals surface area contributed by atoms with Crippen molar-refractivity contribution in [3.8, 4) is 11.1 Å². The van der Waals surface area contributed by atoms with Crippen LogP contribution in [0.1, 0.15) is 0 Å². The van der Waals surface area contributed by atoms with Crippen LogP contribution in [0.3, 0.4) is 0 Å². The van der Waals surface area contributed by atoms with Crippen molar-refractivity contribution in [3.63, 3.8) is 0 Å². The molecule has 206 valence electrons. The maximum absolute atomic E-state index is 6.45. The molecule has 0 saturated carbocycles. The number of furan rings is 1. The normalized spacial score (nSPS) is 11.6. The molecule has 0 bridgehead atoms. The molecule has 0 aliphatic carbocycles. The van der Waals surface area contributed by atoms with Crippen LogP contribution in [0, 0.1) is 0 Å². The molecule has 0 aliphatic heterocycles. The highest BCUT2D eigenvalue weighted by molar-refractivity contribution is 6.10. The second kappa shape index (κ2) is 9.79. The van der Waals surface area contributed by atoms with Crippen LogP contribution >= 0.6 is 0 Å². The Balaban J connectivity index is 1.22. The molecule has 0 fully saturated rings. The van der Waals surface area contributed by atoms with Crippen LogP contribution in [0.25, 0.3) is 65.6 Å². The highest BCUT2D eigenvalue weighted by atomic mass is 16.3. The van der Waals surface area contributed by atoms with Crippen molar-refractivity contribution in [2.75, 3.05) is 4.90 Å². The molecule has 0 spiro atoms. The predicted molar refractivity (Wildman–Crippen MR) is 182 cm³/mol. The summed E-state index contributed by atoms with van der Waals surface area (Å²) in [7, 11) is 0. The molecule has 44 heavy (non-hydrogen) atoms. The molecular formula is C40H25N3O. The van der Waals surface area contributed by atoms with Gasteiger partial charge >= 0.3 is 0 Å². The zero-order valence-corrected chi connectivity index (χ0v) is 23.7. The number of hydrogen-bond acceptors (Lipinski definition) is 4. The molecule has 0 amide bonds. The van der Waals surface area contributed by atoms with E-state index in [-0.39, 0.29) is 0 Å². The molecule has 6 aromatic carbocycles. The summed E-state index contributed by atoms with van der Waals surface area (Å²) < 4.78 is 6.45. The average molecular weight is 564 g/mol. The Morgan fingerprint density at radius 1 is 0.432 bits per heavy atom. The Morgan fingerprint density at radius 2 is 1.14 bits per heavy atom. The van der Waals surface area contributed by atoms with Gasteiger partial charge in [0.25, 0.3) is 0 Å². The lowest BCUT2D eigenvalue weighted by atomic mass is 10.0. The smallest absolute Gasteiger partial charge is 0.137 e. The van der Waals surface area contributed by atoms with E-state index in [1.165, 1.54) is 16.3 Å². The van der Waals surface area contributed by atoms with Crippen LogP contribution in [0.15, 0.2) is 156 Å². The quantitative estimate of drug-likeness (QED) is 0.214. The SMILES string of the molecule is c1ccc(-c2ccc3cc(N(c4ccc5ccccc5c4)c4ccc5c(c4)oc4cc6cccnc6cc45)cnc3c2)cc1. The van der Waals surface area contributed by atoms with Gasteiger partial charge in [0.2, 0.25) is 0 Å². The van der Waals surface area contributed by atoms with E-state index in [1.807, 2.05) is 24.5 Å². The summed E-state index contributed by atoms with van der Waals surface area (Å²) in [6.45, 7) is 0. The van der Waals surface area contributed by atoms with Crippen molar-refractivity contribution in [3.05, 3.63) is 152 Å². The summed E-state index contributed by atoms with van der Waals surface area (Å²) in [5, 5.41) is 6.66. The highest BCUT2D eigenvalue weighted by Gasteiger charge is 2.17. The monoisotopic (exact) mass is 563 g/mol. The van der Waals surface area contributed by atoms with E-state index in [0.717, 1.165) is 66.4 Å². The minimum absolute atomic E-state index is 0.833. The van der Waals surface area contributed by atoms with Gasteiger partial charge in [-0.15, -0.1) is 0 Å². The molecule has 0 unspecified atom stereocenters. The van der Waals surface area contributed by atoms with Crippen molar-refractivity contribution in [1.82, 2.24) is 9.97 Å². The summed E-state index contributed by atoms with van der Waals surface area (Å²) in [4.78, 5) is 11.8. The first-order valence-electron chi connectivity index (χ1n) is 14.7. The van der Waals surface area contributed by atoms with Crippen LogP contribution in [-0.2, 0) is 0 Å². The minimum atomic E-state index is 0.833. The van der Waals surface area contributed by atoms with Crippen LogP contribution in [0.2, 0.25) is 0 Å². The second-order valence-corrected chi connectivity index (χ2v) is 11.2. The van der Waals surface area contributed by atoms with Gasteiger partial charge in [-0.05, 0) is 76.5 Å². The number of rotatable bonds is 4. The van der Waals surface area contributed by atoms with E-state index >= 15 is 0 Å². The Kier molecular flexibility index (Phi) is 5.47. The first kappa shape index (κ1) is 24.6. The number of nitrogens with zero attached hydrogens (tertiary/aromatic N) is 3. The first-order chi connectivity index (χ1) is 21.8. The Morgan fingerprint density at radius 3 is 2.07 bits per heavy atom. The molecule has 4 heteroatoms. The van der Waals surface area contributed by atoms with Gasteiger partial charge in [-0.2, -0.15) is 0 Å². The molecule has 0 aliphatic rings. The van der Waals surface area contributed by atoms with E-state index in [1.54, 1.807) is 0 Å². The van der Waals surface area contributed by atoms with Crippen LogP contribution in [0.5, 0.6) is 0 Å². The summed E-state index contributed by atoms with van der Waals surface area (Å²) >= 11 is 0. The minimum Gasteiger partial charge on any atom is -0.456 e. The molecule has 4 nitrogen and oxygen atoms in total. The summed E-state index contributed by atoms with van der Waals surface area (Å²) in [6.07, 6.45) is 3.80. The zero-order chi connectivity index (χ0) is 29.0. The van der Waals surface area contributed by atoms with E-state index in [4.69, 9.17) is 9.40 Å². The fourth-order valence-corrected chi connectivity index (χ4v) is 6.28. The van der Waals surface area contributed by atoms with Crippen LogP contribution in [-0.4, -0.2) is 9.97 Å². The van der Waals surface area contributed by atoms with Gasteiger partial charge in [-0.3, -0.25) is 9.97 Å². The summed E-state index contributed by atoms with van der Waals surface area (Å²) in [5.74, 6) is 0. The Labute approximate surface area is 253 Å². The second-order valence-electron chi connectivity index (χ2n) is 11.2. The number of aromatic nitrogens is 2. The summed E-state index contributed by atoms with van der Waals surface area (Å²) in [5.41, 5.74) is 8.97. The first-order valence-corrected chi connectivity index (χ1v) is 14.7. The Hall–Kier alpha value is -6.00. The number of pyridine rings is 2. The topological polar surface area (TPSA) is 42.2 Å². The third-order valence-electron chi connectivity index (χ3n) is 8.46. The number of fused-ring (bicyclic) bond motifs is 6. The maximum atomic E-state index is 6.45. The van der Waals surface area contributed by atoms with Crippen molar-refractivity contribution < 1.29 is 4.42 Å². The van der Waals surface area contributed by atoms with Crippen molar-refractivity contribution >= 4 is 71.6 Å². The lowest BCUT2D eigenvalue weighted by Crippen LogP contribution is -2.10. The lowest BCUT2D eigenvalue weighted by molar-refractivity contribution is 0.669. The van der Waals surface area contributed by atoms with Gasteiger partial charge in [0.1, 0.15) is 11.2 Å². The lowest BCUT2D eigenvalue weighted by Gasteiger charge is -2.26. The van der Waals surface area contributed by atoms with Crippen LogP contribution in [0.4, 0.5) is 17.1 Å². The Bertz CT molecular complexity index is 2520. The fraction of sp³-hybridized carbons (Fsp3) is 0. The molecule has 9 aromatic rings. The average Bonchev–Trinajstić information content (AvgIpc) is 3.44. The van der Waals surface area contributed by atoms with Gasteiger partial charge in [0.05, 0.1) is 22.9 Å². The van der Waals surface area contributed by atoms with Gasteiger partial charge in [0.15, 0.2) is 0 Å². The van der Waals surface area contributed by atoms with E-state index in [2.05, 4.69) is 137 Å². The van der Waals surface area contributed by atoms with E-state index < -0.39 is 0 Å². The molecule has 0 atom stereocenters. The molecule has 9 rings (SSSR count). The molecule has 0 radical (unpaired) electrons. The largest absolute Gasteiger partial charge is 0.456 e. The van der Waals surface area contributed by atoms with E-state index in [0.29, 0.717) is 0 Å². The molecule has 0 saturated heterocycles. The number of hydrogen-bond donors (Lipinski definition) is 0. The molecule has 3 aromatic heterocycles. The van der Waals surface area contributed by atoms with Gasteiger partial charge in [-0.25, -0.2) is 0 Å². The predicted octanol–water partition coefficient (Wildman–Crippen LogP) is 11.0. The summed E-state index contributed by atoms with van der Waals surface area (Å²) in [6, 6.07) is 48.8. The molecule has 3 heterocycles. The molecular weight excluding hydrogens is 538 g/mol. The van der Waals surface area contributed by atoms with Crippen LogP contribution < -0.4 is 4.90 Å². The van der Waals surface area contributed by atoms with Crippen molar-refractivity contribution in [1.29, 1.82) is 0 Å². The fourth-order valence-electron chi connectivity index (χ4n) is 6.28.